The van der Waals surface area contributed by atoms with Crippen LogP contribution in [0.25, 0.3) is 5.69 Å². The number of amides is 1. The van der Waals surface area contributed by atoms with Gasteiger partial charge >= 0.3 is 0 Å². The minimum absolute atomic E-state index is 0.150. The molecular weight excluding hydrogens is 350 g/mol. The van der Waals surface area contributed by atoms with Crippen LogP contribution in [0, 0.1) is 12.8 Å². The first-order chi connectivity index (χ1) is 12.5. The summed E-state index contributed by atoms with van der Waals surface area (Å²) in [4.78, 5) is 12.8. The smallest absolute Gasteiger partial charge is 0.255 e. The van der Waals surface area contributed by atoms with Gasteiger partial charge in [0.15, 0.2) is 0 Å². The molecule has 0 aliphatic rings. The third kappa shape index (κ3) is 3.99. The minimum atomic E-state index is -0.150. The molecule has 136 valence electrons. The molecule has 2 aromatic heterocycles. The Hall–Kier alpha value is -2.53. The van der Waals surface area contributed by atoms with Crippen molar-refractivity contribution in [1.29, 1.82) is 0 Å². The molecule has 1 N–H and O–H groups in total. The molecule has 0 atom stereocenters. The second kappa shape index (κ2) is 7.79. The van der Waals surface area contributed by atoms with Gasteiger partial charge in [0.1, 0.15) is 5.76 Å². The lowest BCUT2D eigenvalue weighted by Crippen LogP contribution is -2.24. The number of carbonyl (C=O) groups is 1. The van der Waals surface area contributed by atoms with Gasteiger partial charge in [0.2, 0.25) is 0 Å². The van der Waals surface area contributed by atoms with Crippen molar-refractivity contribution in [3.8, 4) is 5.69 Å². The minimum Gasteiger partial charge on any atom is -0.467 e. The highest BCUT2D eigenvalue weighted by atomic mass is 35.5. The largest absolute Gasteiger partial charge is 0.467 e. The van der Waals surface area contributed by atoms with Gasteiger partial charge < -0.3 is 9.73 Å². The van der Waals surface area contributed by atoms with Crippen molar-refractivity contribution >= 4 is 17.5 Å². The Bertz CT molecular complexity index is 898. The van der Waals surface area contributed by atoms with Gasteiger partial charge in [-0.25, -0.2) is 4.68 Å². The Kier molecular flexibility index (Phi) is 5.47. The van der Waals surface area contributed by atoms with E-state index >= 15 is 0 Å². The third-order valence-electron chi connectivity index (χ3n) is 4.07. The number of carbonyl (C=O) groups excluding carboxylic acids is 1. The summed E-state index contributed by atoms with van der Waals surface area (Å²) in [6, 6.07) is 11.1. The predicted octanol–water partition coefficient (Wildman–Crippen LogP) is 4.56. The first-order valence-corrected chi connectivity index (χ1v) is 8.98. The predicted molar refractivity (Wildman–Crippen MR) is 102 cm³/mol. The molecule has 0 bridgehead atoms. The summed E-state index contributed by atoms with van der Waals surface area (Å²) in [5.41, 5.74) is 3.03. The molecule has 0 fully saturated rings. The molecule has 0 spiro atoms. The van der Waals surface area contributed by atoms with E-state index in [0.717, 1.165) is 23.5 Å². The van der Waals surface area contributed by atoms with E-state index in [1.165, 1.54) is 0 Å². The molecule has 3 aromatic rings. The number of hydrogen-bond acceptors (Lipinski definition) is 3. The maximum absolute atomic E-state index is 12.8. The second-order valence-electron chi connectivity index (χ2n) is 6.66. The van der Waals surface area contributed by atoms with Gasteiger partial charge in [0, 0.05) is 5.02 Å². The average molecular weight is 372 g/mol. The summed E-state index contributed by atoms with van der Waals surface area (Å²) in [7, 11) is 0. The summed E-state index contributed by atoms with van der Waals surface area (Å²) in [5.74, 6) is 0.945. The van der Waals surface area contributed by atoms with Crippen LogP contribution in [0.4, 0.5) is 0 Å². The fourth-order valence-corrected chi connectivity index (χ4v) is 3.10. The van der Waals surface area contributed by atoms with Crippen molar-refractivity contribution in [2.75, 3.05) is 0 Å². The number of furan rings is 1. The Morgan fingerprint density at radius 3 is 2.77 bits per heavy atom. The molecule has 0 aliphatic heterocycles. The number of rotatable bonds is 6. The molecule has 5 nitrogen and oxygen atoms in total. The van der Waals surface area contributed by atoms with Crippen LogP contribution >= 0.6 is 11.6 Å². The van der Waals surface area contributed by atoms with Crippen molar-refractivity contribution in [1.82, 2.24) is 15.1 Å². The van der Waals surface area contributed by atoms with Gasteiger partial charge in [0.25, 0.3) is 5.91 Å². The Labute approximate surface area is 158 Å². The molecule has 0 unspecified atom stereocenters. The van der Waals surface area contributed by atoms with E-state index in [2.05, 4.69) is 19.2 Å². The Balaban J connectivity index is 1.95. The van der Waals surface area contributed by atoms with E-state index in [1.54, 1.807) is 17.0 Å². The van der Waals surface area contributed by atoms with E-state index < -0.39 is 0 Å². The highest BCUT2D eigenvalue weighted by molar-refractivity contribution is 6.30. The fourth-order valence-electron chi connectivity index (χ4n) is 2.91. The number of halogens is 1. The zero-order valence-corrected chi connectivity index (χ0v) is 15.9. The summed E-state index contributed by atoms with van der Waals surface area (Å²) in [5, 5.41) is 8.25. The average Bonchev–Trinajstić information content (AvgIpc) is 3.20. The van der Waals surface area contributed by atoms with Crippen LogP contribution in [-0.4, -0.2) is 15.7 Å². The maximum atomic E-state index is 12.8. The van der Waals surface area contributed by atoms with E-state index in [-0.39, 0.29) is 5.91 Å². The van der Waals surface area contributed by atoms with Crippen molar-refractivity contribution in [3.63, 3.8) is 0 Å². The standard InChI is InChI=1S/C20H22ClN3O2/c1-13(2)10-18-19(20(25)22-12-17-8-5-9-26-17)14(3)24(23-18)16-7-4-6-15(21)11-16/h4-9,11,13H,10,12H2,1-3H3,(H,22,25). The lowest BCUT2D eigenvalue weighted by molar-refractivity contribution is 0.0946. The summed E-state index contributed by atoms with van der Waals surface area (Å²) in [6.07, 6.45) is 2.31. The Morgan fingerprint density at radius 2 is 2.12 bits per heavy atom. The van der Waals surface area contributed by atoms with Crippen molar-refractivity contribution in [2.24, 2.45) is 5.92 Å². The number of benzene rings is 1. The Morgan fingerprint density at radius 1 is 1.31 bits per heavy atom. The van der Waals surface area contributed by atoms with Crippen molar-refractivity contribution in [2.45, 2.75) is 33.7 Å². The van der Waals surface area contributed by atoms with Crippen molar-refractivity contribution < 1.29 is 9.21 Å². The van der Waals surface area contributed by atoms with Gasteiger partial charge in [-0.15, -0.1) is 0 Å². The first-order valence-electron chi connectivity index (χ1n) is 8.60. The van der Waals surface area contributed by atoms with Gasteiger partial charge in [-0.1, -0.05) is 31.5 Å². The third-order valence-corrected chi connectivity index (χ3v) is 4.31. The lowest BCUT2D eigenvalue weighted by Gasteiger charge is -2.07. The van der Waals surface area contributed by atoms with Gasteiger partial charge in [-0.2, -0.15) is 5.10 Å². The van der Waals surface area contributed by atoms with Gasteiger partial charge in [0.05, 0.1) is 35.4 Å². The number of nitrogens with one attached hydrogen (secondary N) is 1. The van der Waals surface area contributed by atoms with E-state index in [1.807, 2.05) is 37.3 Å². The van der Waals surface area contributed by atoms with E-state index in [0.29, 0.717) is 28.8 Å². The van der Waals surface area contributed by atoms with Gasteiger partial charge in [-0.3, -0.25) is 4.79 Å². The molecule has 2 heterocycles. The fraction of sp³-hybridized carbons (Fsp3) is 0.300. The van der Waals surface area contributed by atoms with Gasteiger partial charge in [-0.05, 0) is 49.6 Å². The zero-order chi connectivity index (χ0) is 18.7. The monoisotopic (exact) mass is 371 g/mol. The quantitative estimate of drug-likeness (QED) is 0.691. The summed E-state index contributed by atoms with van der Waals surface area (Å²) >= 11 is 6.12. The zero-order valence-electron chi connectivity index (χ0n) is 15.1. The van der Waals surface area contributed by atoms with Crippen LogP contribution in [0.1, 0.15) is 41.4 Å². The summed E-state index contributed by atoms with van der Waals surface area (Å²) < 4.78 is 7.07. The van der Waals surface area contributed by atoms with E-state index in [9.17, 15) is 4.79 Å². The first kappa shape index (κ1) is 18.3. The molecule has 1 aromatic carbocycles. The molecule has 0 radical (unpaired) electrons. The molecule has 3 rings (SSSR count). The molecule has 26 heavy (non-hydrogen) atoms. The molecule has 1 amide bonds. The van der Waals surface area contributed by atoms with Crippen LogP contribution < -0.4 is 5.32 Å². The maximum Gasteiger partial charge on any atom is 0.255 e. The summed E-state index contributed by atoms with van der Waals surface area (Å²) in [6.45, 7) is 6.46. The number of aromatic nitrogens is 2. The highest BCUT2D eigenvalue weighted by Gasteiger charge is 2.22. The molecule has 0 saturated carbocycles. The molecule has 0 aliphatic carbocycles. The second-order valence-corrected chi connectivity index (χ2v) is 7.10. The van der Waals surface area contributed by atoms with Crippen LogP contribution in [0.3, 0.4) is 0 Å². The molecule has 6 heteroatoms. The SMILES string of the molecule is Cc1c(C(=O)NCc2ccco2)c(CC(C)C)nn1-c1cccc(Cl)c1. The van der Waals surface area contributed by atoms with Crippen LogP contribution in [0.2, 0.25) is 5.02 Å². The highest BCUT2D eigenvalue weighted by Crippen LogP contribution is 2.22. The topological polar surface area (TPSA) is 60.1 Å². The van der Waals surface area contributed by atoms with Crippen LogP contribution in [0.15, 0.2) is 47.1 Å². The van der Waals surface area contributed by atoms with Crippen molar-refractivity contribution in [3.05, 3.63) is 70.4 Å². The molecule has 0 saturated heterocycles. The lowest BCUT2D eigenvalue weighted by atomic mass is 10.0. The normalized spacial score (nSPS) is 11.1. The molecular formula is C20H22ClN3O2. The van der Waals surface area contributed by atoms with Crippen LogP contribution in [-0.2, 0) is 13.0 Å². The van der Waals surface area contributed by atoms with E-state index in [4.69, 9.17) is 21.1 Å². The number of hydrogen-bond donors (Lipinski definition) is 1. The number of nitrogens with zero attached hydrogens (tertiary/aromatic N) is 2. The van der Waals surface area contributed by atoms with Crippen LogP contribution in [0.5, 0.6) is 0 Å².